The second-order valence-corrected chi connectivity index (χ2v) is 7.38. The lowest BCUT2D eigenvalue weighted by molar-refractivity contribution is 0.178. The fourth-order valence-electron chi connectivity index (χ4n) is 3.23. The maximum Gasteiger partial charge on any atom is 0.191 e. The number of hydrogen-bond acceptors (Lipinski definition) is 4. The van der Waals surface area contributed by atoms with Crippen LogP contribution in [0.1, 0.15) is 46.6 Å². The number of rotatable bonds is 8. The van der Waals surface area contributed by atoms with Gasteiger partial charge in [-0.3, -0.25) is 4.90 Å². The molecule has 1 aliphatic heterocycles. The van der Waals surface area contributed by atoms with E-state index in [9.17, 15) is 0 Å². The van der Waals surface area contributed by atoms with Crippen LogP contribution >= 0.6 is 0 Å². The first-order valence-electron chi connectivity index (χ1n) is 10.2. The molecule has 0 saturated heterocycles. The molecule has 0 spiro atoms. The van der Waals surface area contributed by atoms with Crippen LogP contribution in [0, 0.1) is 0 Å². The zero-order chi connectivity index (χ0) is 19.6. The summed E-state index contributed by atoms with van der Waals surface area (Å²) in [6.07, 6.45) is 0.917. The zero-order valence-electron chi connectivity index (χ0n) is 17.5. The van der Waals surface area contributed by atoms with Crippen LogP contribution in [0.25, 0.3) is 0 Å². The Bertz CT molecular complexity index is 594. The minimum atomic E-state index is 0.535. The van der Waals surface area contributed by atoms with Crippen molar-refractivity contribution in [3.05, 3.63) is 23.8 Å². The molecule has 0 saturated carbocycles. The summed E-state index contributed by atoms with van der Waals surface area (Å²) in [5.74, 6) is 2.49. The second kappa shape index (κ2) is 11.0. The van der Waals surface area contributed by atoms with Crippen LogP contribution in [-0.4, -0.2) is 55.8 Å². The highest BCUT2D eigenvalue weighted by atomic mass is 16.5. The van der Waals surface area contributed by atoms with Crippen LogP contribution < -0.4 is 20.1 Å². The normalized spacial score (nSPS) is 14.6. The molecule has 6 heteroatoms. The van der Waals surface area contributed by atoms with E-state index >= 15 is 0 Å². The van der Waals surface area contributed by atoms with Gasteiger partial charge in [0.1, 0.15) is 0 Å². The van der Waals surface area contributed by atoms with E-state index in [-0.39, 0.29) is 0 Å². The Labute approximate surface area is 164 Å². The van der Waals surface area contributed by atoms with Crippen LogP contribution in [0.5, 0.6) is 11.5 Å². The van der Waals surface area contributed by atoms with Crippen molar-refractivity contribution in [3.63, 3.8) is 0 Å². The molecule has 6 nitrogen and oxygen atoms in total. The summed E-state index contributed by atoms with van der Waals surface area (Å²) in [6.45, 7) is 15.7. The van der Waals surface area contributed by atoms with Gasteiger partial charge in [-0.15, -0.1) is 0 Å². The lowest BCUT2D eigenvalue weighted by Crippen LogP contribution is -2.45. The molecule has 0 fully saturated rings. The maximum atomic E-state index is 5.77. The van der Waals surface area contributed by atoms with Gasteiger partial charge < -0.3 is 20.1 Å². The van der Waals surface area contributed by atoms with E-state index in [1.807, 2.05) is 12.1 Å². The molecule has 0 bridgehead atoms. The van der Waals surface area contributed by atoms with Gasteiger partial charge in [0.2, 0.25) is 0 Å². The van der Waals surface area contributed by atoms with Crippen molar-refractivity contribution in [3.8, 4) is 11.5 Å². The third-order valence-corrected chi connectivity index (χ3v) is 4.56. The number of guanidine groups is 1. The molecular formula is C21H36N4O2. The summed E-state index contributed by atoms with van der Waals surface area (Å²) in [7, 11) is 0. The first-order chi connectivity index (χ1) is 13.0. The summed E-state index contributed by atoms with van der Waals surface area (Å²) in [5, 5.41) is 6.77. The molecule has 1 aliphatic rings. The lowest BCUT2D eigenvalue weighted by Gasteiger charge is -2.30. The van der Waals surface area contributed by atoms with Gasteiger partial charge in [0, 0.05) is 38.1 Å². The fraction of sp³-hybridized carbons (Fsp3) is 0.667. The van der Waals surface area contributed by atoms with Gasteiger partial charge in [-0.25, -0.2) is 4.99 Å². The van der Waals surface area contributed by atoms with Crippen molar-refractivity contribution in [2.45, 2.75) is 59.7 Å². The van der Waals surface area contributed by atoms with Gasteiger partial charge in [-0.05, 0) is 52.3 Å². The molecule has 2 N–H and O–H groups in total. The molecule has 0 aliphatic carbocycles. The topological polar surface area (TPSA) is 58.1 Å². The van der Waals surface area contributed by atoms with Crippen molar-refractivity contribution < 1.29 is 9.47 Å². The fourth-order valence-corrected chi connectivity index (χ4v) is 3.23. The van der Waals surface area contributed by atoms with Crippen LogP contribution in [0.15, 0.2) is 23.2 Å². The van der Waals surface area contributed by atoms with Gasteiger partial charge >= 0.3 is 0 Å². The molecule has 0 unspecified atom stereocenters. The predicted octanol–water partition coefficient (Wildman–Crippen LogP) is 3.02. The number of nitrogens with zero attached hydrogens (tertiary/aromatic N) is 2. The summed E-state index contributed by atoms with van der Waals surface area (Å²) in [4.78, 5) is 7.19. The van der Waals surface area contributed by atoms with Gasteiger partial charge in [0.25, 0.3) is 0 Å². The van der Waals surface area contributed by atoms with Crippen molar-refractivity contribution in [1.29, 1.82) is 0 Å². The lowest BCUT2D eigenvalue weighted by atomic mass is 10.2. The van der Waals surface area contributed by atoms with Crippen LogP contribution in [-0.2, 0) is 6.54 Å². The molecule has 0 aromatic heterocycles. The van der Waals surface area contributed by atoms with E-state index in [1.165, 1.54) is 0 Å². The molecule has 0 radical (unpaired) electrons. The molecule has 152 valence electrons. The number of nitrogens with one attached hydrogen (secondary N) is 2. The van der Waals surface area contributed by atoms with E-state index in [2.05, 4.69) is 56.2 Å². The van der Waals surface area contributed by atoms with Gasteiger partial charge in [-0.1, -0.05) is 6.07 Å². The minimum Gasteiger partial charge on any atom is -0.490 e. The molecule has 0 amide bonds. The predicted molar refractivity (Wildman–Crippen MR) is 112 cm³/mol. The highest BCUT2D eigenvalue weighted by Gasteiger charge is 2.13. The third-order valence-electron chi connectivity index (χ3n) is 4.56. The molecule has 1 aromatic carbocycles. The number of aliphatic imine (C=N–C) groups is 1. The van der Waals surface area contributed by atoms with Gasteiger partial charge in [-0.2, -0.15) is 0 Å². The Hall–Kier alpha value is -1.95. The quantitative estimate of drug-likeness (QED) is 0.539. The van der Waals surface area contributed by atoms with Crippen molar-refractivity contribution in [2.24, 2.45) is 4.99 Å². The highest BCUT2D eigenvalue weighted by Crippen LogP contribution is 2.30. The Kier molecular flexibility index (Phi) is 8.72. The van der Waals surface area contributed by atoms with Gasteiger partial charge in [0.15, 0.2) is 17.5 Å². The molecular weight excluding hydrogens is 340 g/mol. The van der Waals surface area contributed by atoms with E-state index in [0.717, 1.165) is 49.1 Å². The van der Waals surface area contributed by atoms with E-state index in [4.69, 9.17) is 14.5 Å². The summed E-state index contributed by atoms with van der Waals surface area (Å²) < 4.78 is 11.5. The van der Waals surface area contributed by atoms with Crippen molar-refractivity contribution >= 4 is 5.96 Å². The van der Waals surface area contributed by atoms with E-state index < -0.39 is 0 Å². The van der Waals surface area contributed by atoms with Gasteiger partial charge in [0.05, 0.1) is 19.8 Å². The van der Waals surface area contributed by atoms with E-state index in [1.54, 1.807) is 0 Å². The molecule has 0 atom stereocenters. The monoisotopic (exact) mass is 376 g/mol. The molecule has 2 rings (SSSR count). The highest BCUT2D eigenvalue weighted by molar-refractivity contribution is 5.79. The molecule has 1 heterocycles. The summed E-state index contributed by atoms with van der Waals surface area (Å²) in [5.41, 5.74) is 1.11. The van der Waals surface area contributed by atoms with Crippen molar-refractivity contribution in [1.82, 2.24) is 15.5 Å². The number of hydrogen-bond donors (Lipinski definition) is 2. The first-order valence-corrected chi connectivity index (χ1v) is 10.2. The minimum absolute atomic E-state index is 0.535. The first kappa shape index (κ1) is 21.4. The van der Waals surface area contributed by atoms with Crippen LogP contribution in [0.3, 0.4) is 0 Å². The average Bonchev–Trinajstić information content (AvgIpc) is 2.87. The average molecular weight is 377 g/mol. The van der Waals surface area contributed by atoms with E-state index in [0.29, 0.717) is 31.8 Å². The molecule has 1 aromatic rings. The Morgan fingerprint density at radius 3 is 2.44 bits per heavy atom. The SMILES string of the molecule is CCNC(=NCc1ccc2c(c1)OCCCO2)NCCN(C(C)C)C(C)C. The Balaban J connectivity index is 1.93. The summed E-state index contributed by atoms with van der Waals surface area (Å²) >= 11 is 0. The summed E-state index contributed by atoms with van der Waals surface area (Å²) in [6, 6.07) is 7.14. The number of ether oxygens (including phenoxy) is 2. The standard InChI is InChI=1S/C21H36N4O2/c1-6-22-21(23-10-11-25(16(2)3)17(4)5)24-15-18-8-9-19-20(14-18)27-13-7-12-26-19/h8-9,14,16-17H,6-7,10-13,15H2,1-5H3,(H2,22,23,24). The zero-order valence-corrected chi connectivity index (χ0v) is 17.5. The maximum absolute atomic E-state index is 5.77. The number of benzene rings is 1. The van der Waals surface area contributed by atoms with Crippen LogP contribution in [0.2, 0.25) is 0 Å². The molecule has 27 heavy (non-hydrogen) atoms. The van der Waals surface area contributed by atoms with Crippen LogP contribution in [0.4, 0.5) is 0 Å². The Morgan fingerprint density at radius 2 is 1.78 bits per heavy atom. The number of fused-ring (bicyclic) bond motifs is 1. The largest absolute Gasteiger partial charge is 0.490 e. The van der Waals surface area contributed by atoms with Crippen molar-refractivity contribution in [2.75, 3.05) is 32.8 Å². The second-order valence-electron chi connectivity index (χ2n) is 7.38. The smallest absolute Gasteiger partial charge is 0.191 e. The third kappa shape index (κ3) is 6.94. The Morgan fingerprint density at radius 1 is 1.07 bits per heavy atom.